The van der Waals surface area contributed by atoms with Crippen LogP contribution < -0.4 is 5.32 Å². The van der Waals surface area contributed by atoms with E-state index in [0.717, 1.165) is 5.56 Å². The molecule has 0 saturated carbocycles. The van der Waals surface area contributed by atoms with Crippen molar-refractivity contribution in [1.82, 2.24) is 5.32 Å². The first-order valence-electron chi connectivity index (χ1n) is 6.47. The summed E-state index contributed by atoms with van der Waals surface area (Å²) in [5.41, 5.74) is 1.67. The Labute approximate surface area is 136 Å². The highest BCUT2D eigenvalue weighted by Gasteiger charge is 2.05. The van der Waals surface area contributed by atoms with Crippen molar-refractivity contribution >= 4 is 33.6 Å². The Morgan fingerprint density at radius 3 is 2.67 bits per heavy atom. The zero-order valence-corrected chi connectivity index (χ0v) is 13.7. The molecule has 1 amide bonds. The fraction of sp³-hybridized carbons (Fsp3) is 0.188. The summed E-state index contributed by atoms with van der Waals surface area (Å²) >= 11 is 4.62. The Hall–Kier alpha value is -1.33. The van der Waals surface area contributed by atoms with Crippen molar-refractivity contribution < 1.29 is 9.18 Å². The van der Waals surface area contributed by atoms with Gasteiger partial charge in [-0.15, -0.1) is 11.8 Å². The van der Waals surface area contributed by atoms with Crippen molar-refractivity contribution in [3.05, 3.63) is 69.9 Å². The molecular weight excluding hydrogens is 353 g/mol. The molecule has 21 heavy (non-hydrogen) atoms. The third-order valence-electron chi connectivity index (χ3n) is 2.84. The highest BCUT2D eigenvalue weighted by atomic mass is 79.9. The minimum atomic E-state index is -0.249. The number of carbonyl (C=O) groups excluding carboxylic acids is 1. The molecule has 110 valence electrons. The number of halogens is 2. The van der Waals surface area contributed by atoms with Crippen LogP contribution >= 0.6 is 27.7 Å². The second-order valence-electron chi connectivity index (χ2n) is 4.49. The summed E-state index contributed by atoms with van der Waals surface area (Å²) in [6.07, 6.45) is 0. The molecule has 2 nitrogen and oxygen atoms in total. The summed E-state index contributed by atoms with van der Waals surface area (Å²) in [6.45, 7) is 0.521. The smallest absolute Gasteiger partial charge is 0.230 e. The molecule has 0 radical (unpaired) electrons. The predicted molar refractivity (Wildman–Crippen MR) is 88.6 cm³/mol. The molecule has 0 spiro atoms. The molecule has 1 N–H and O–H groups in total. The standard InChI is InChI=1S/C16H15BrFNOS/c17-14-7-6-13(15(18)8-14)10-21-11-16(20)19-9-12-4-2-1-3-5-12/h1-8H,9-11H2,(H,19,20). The molecule has 0 aromatic heterocycles. The lowest BCUT2D eigenvalue weighted by Crippen LogP contribution is -2.24. The van der Waals surface area contributed by atoms with E-state index < -0.39 is 0 Å². The number of amides is 1. The van der Waals surface area contributed by atoms with Gasteiger partial charge in [0.25, 0.3) is 0 Å². The van der Waals surface area contributed by atoms with Crippen molar-refractivity contribution in [1.29, 1.82) is 0 Å². The summed E-state index contributed by atoms with van der Waals surface area (Å²) in [5, 5.41) is 2.85. The fourth-order valence-corrected chi connectivity index (χ4v) is 2.92. The van der Waals surface area contributed by atoms with E-state index in [-0.39, 0.29) is 11.7 Å². The highest BCUT2D eigenvalue weighted by molar-refractivity contribution is 9.10. The lowest BCUT2D eigenvalue weighted by molar-refractivity contribution is -0.118. The van der Waals surface area contributed by atoms with E-state index in [0.29, 0.717) is 28.1 Å². The van der Waals surface area contributed by atoms with E-state index in [4.69, 9.17) is 0 Å². The second kappa shape index (κ2) is 8.20. The Balaban J connectivity index is 1.72. The van der Waals surface area contributed by atoms with Crippen LogP contribution in [0.2, 0.25) is 0 Å². The Morgan fingerprint density at radius 2 is 1.95 bits per heavy atom. The van der Waals surface area contributed by atoms with Crippen LogP contribution in [0.5, 0.6) is 0 Å². The second-order valence-corrected chi connectivity index (χ2v) is 6.39. The van der Waals surface area contributed by atoms with Crippen LogP contribution in [0.3, 0.4) is 0 Å². The first-order chi connectivity index (χ1) is 10.1. The quantitative estimate of drug-likeness (QED) is 0.831. The normalized spacial score (nSPS) is 10.4. The summed E-state index contributed by atoms with van der Waals surface area (Å²) in [5.74, 6) is 0.517. The van der Waals surface area contributed by atoms with Gasteiger partial charge in [0.1, 0.15) is 5.82 Å². The first-order valence-corrected chi connectivity index (χ1v) is 8.42. The topological polar surface area (TPSA) is 29.1 Å². The molecule has 0 saturated heterocycles. The average Bonchev–Trinajstić information content (AvgIpc) is 2.48. The van der Waals surface area contributed by atoms with Gasteiger partial charge in [-0.2, -0.15) is 0 Å². The minimum Gasteiger partial charge on any atom is -0.351 e. The SMILES string of the molecule is O=C(CSCc1ccc(Br)cc1F)NCc1ccccc1. The Morgan fingerprint density at radius 1 is 1.19 bits per heavy atom. The Kier molecular flexibility index (Phi) is 6.26. The maximum absolute atomic E-state index is 13.6. The van der Waals surface area contributed by atoms with Gasteiger partial charge in [0.2, 0.25) is 5.91 Å². The molecule has 0 heterocycles. The molecule has 0 fully saturated rings. The zero-order valence-electron chi connectivity index (χ0n) is 11.3. The van der Waals surface area contributed by atoms with Crippen LogP contribution in [-0.4, -0.2) is 11.7 Å². The predicted octanol–water partition coefficient (Wildman–Crippen LogP) is 4.14. The third-order valence-corrected chi connectivity index (χ3v) is 4.31. The van der Waals surface area contributed by atoms with Gasteiger partial charge in [-0.05, 0) is 23.3 Å². The molecule has 0 atom stereocenters. The molecule has 2 aromatic rings. The molecule has 2 rings (SSSR count). The van der Waals surface area contributed by atoms with E-state index in [1.807, 2.05) is 30.3 Å². The van der Waals surface area contributed by atoms with Crippen LogP contribution in [0, 0.1) is 5.82 Å². The molecule has 2 aromatic carbocycles. The lowest BCUT2D eigenvalue weighted by atomic mass is 10.2. The summed E-state index contributed by atoms with van der Waals surface area (Å²) in [6, 6.07) is 14.7. The van der Waals surface area contributed by atoms with Gasteiger partial charge in [0, 0.05) is 16.8 Å². The summed E-state index contributed by atoms with van der Waals surface area (Å²) < 4.78 is 14.3. The largest absolute Gasteiger partial charge is 0.351 e. The molecule has 5 heteroatoms. The number of nitrogens with one attached hydrogen (secondary N) is 1. The molecule has 0 unspecified atom stereocenters. The molecule has 0 bridgehead atoms. The maximum atomic E-state index is 13.6. The van der Waals surface area contributed by atoms with Gasteiger partial charge >= 0.3 is 0 Å². The van der Waals surface area contributed by atoms with Crippen LogP contribution in [0.4, 0.5) is 4.39 Å². The van der Waals surface area contributed by atoms with Crippen LogP contribution in [0.15, 0.2) is 53.0 Å². The molecular formula is C16H15BrFNOS. The van der Waals surface area contributed by atoms with E-state index >= 15 is 0 Å². The van der Waals surface area contributed by atoms with Crippen molar-refractivity contribution in [3.63, 3.8) is 0 Å². The third kappa shape index (κ3) is 5.52. The fourth-order valence-electron chi connectivity index (χ4n) is 1.74. The molecule has 0 aliphatic rings. The van der Waals surface area contributed by atoms with E-state index in [1.165, 1.54) is 17.8 Å². The van der Waals surface area contributed by atoms with Gasteiger partial charge in [-0.3, -0.25) is 4.79 Å². The molecule has 0 aliphatic carbocycles. The van der Waals surface area contributed by atoms with Crippen LogP contribution in [0.1, 0.15) is 11.1 Å². The summed E-state index contributed by atoms with van der Waals surface area (Å²) in [7, 11) is 0. The van der Waals surface area contributed by atoms with Gasteiger partial charge in [0.15, 0.2) is 0 Å². The van der Waals surface area contributed by atoms with Crippen molar-refractivity contribution in [2.24, 2.45) is 0 Å². The van der Waals surface area contributed by atoms with Crippen molar-refractivity contribution in [2.75, 3.05) is 5.75 Å². The van der Waals surface area contributed by atoms with Gasteiger partial charge in [0.05, 0.1) is 5.75 Å². The zero-order chi connectivity index (χ0) is 15.1. The van der Waals surface area contributed by atoms with E-state index in [2.05, 4.69) is 21.2 Å². The van der Waals surface area contributed by atoms with Gasteiger partial charge in [-0.25, -0.2) is 4.39 Å². The number of thioether (sulfide) groups is 1. The average molecular weight is 368 g/mol. The Bertz CT molecular complexity index is 606. The number of rotatable bonds is 6. The van der Waals surface area contributed by atoms with E-state index in [9.17, 15) is 9.18 Å². The monoisotopic (exact) mass is 367 g/mol. The van der Waals surface area contributed by atoms with Crippen molar-refractivity contribution in [3.8, 4) is 0 Å². The molecule has 0 aliphatic heterocycles. The maximum Gasteiger partial charge on any atom is 0.230 e. The van der Waals surface area contributed by atoms with Crippen LogP contribution in [-0.2, 0) is 17.1 Å². The number of benzene rings is 2. The summed E-state index contributed by atoms with van der Waals surface area (Å²) in [4.78, 5) is 11.7. The number of carbonyl (C=O) groups is 1. The minimum absolute atomic E-state index is 0.0404. The van der Waals surface area contributed by atoms with E-state index in [1.54, 1.807) is 12.1 Å². The number of hydrogen-bond acceptors (Lipinski definition) is 2. The van der Waals surface area contributed by atoms with Crippen molar-refractivity contribution in [2.45, 2.75) is 12.3 Å². The van der Waals surface area contributed by atoms with Gasteiger partial charge < -0.3 is 5.32 Å². The van der Waals surface area contributed by atoms with Gasteiger partial charge in [-0.1, -0.05) is 52.3 Å². The lowest BCUT2D eigenvalue weighted by Gasteiger charge is -2.06. The first kappa shape index (κ1) is 16.0. The van der Waals surface area contributed by atoms with Crippen LogP contribution in [0.25, 0.3) is 0 Å². The highest BCUT2D eigenvalue weighted by Crippen LogP contribution is 2.19. The number of hydrogen-bond donors (Lipinski definition) is 1.